The molecule has 8 heavy (non-hydrogen) atoms. The van der Waals surface area contributed by atoms with Crippen molar-refractivity contribution in [2.75, 3.05) is 0 Å². The van der Waals surface area contributed by atoms with Crippen LogP contribution in [-0.4, -0.2) is 23.4 Å². The molecule has 3 nitrogen and oxygen atoms in total. The van der Waals surface area contributed by atoms with Crippen LogP contribution in [0.15, 0.2) is 0 Å². The highest BCUT2D eigenvalue weighted by Gasteiger charge is 2.42. The van der Waals surface area contributed by atoms with Gasteiger partial charge in [-0.2, -0.15) is 5.26 Å². The molecule has 0 aliphatic carbocycles. The van der Waals surface area contributed by atoms with Crippen LogP contribution in [0.5, 0.6) is 0 Å². The second-order valence-electron chi connectivity index (χ2n) is 1.87. The van der Waals surface area contributed by atoms with Gasteiger partial charge in [0, 0.05) is 0 Å². The summed E-state index contributed by atoms with van der Waals surface area (Å²) in [4.78, 5) is 11.4. The fourth-order valence-electron chi connectivity index (χ4n) is 0.707. The van der Waals surface area contributed by atoms with Crippen LogP contribution in [0.2, 0.25) is 0 Å². The lowest BCUT2D eigenvalue weighted by molar-refractivity contribution is -0.114. The van der Waals surface area contributed by atoms with E-state index < -0.39 is 0 Å². The second kappa shape index (κ2) is 1.48. The molecule has 2 unspecified atom stereocenters. The zero-order valence-electron chi connectivity index (χ0n) is 4.53. The molecule has 1 fully saturated rings. The predicted molar refractivity (Wildman–Crippen MR) is 26.8 cm³/mol. The van der Waals surface area contributed by atoms with Crippen molar-refractivity contribution in [3.05, 3.63) is 0 Å². The van der Waals surface area contributed by atoms with Gasteiger partial charge < -0.3 is 4.90 Å². The quantitative estimate of drug-likeness (QED) is 0.345. The molecule has 3 heteroatoms. The van der Waals surface area contributed by atoms with Crippen molar-refractivity contribution in [2.24, 2.45) is 0 Å². The number of rotatable bonds is 1. The summed E-state index contributed by atoms with van der Waals surface area (Å²) in [6, 6.07) is 1.99. The molecular weight excluding hydrogens is 104 g/mol. The number of hydrogen-bond donors (Lipinski definition) is 0. The number of nitriles is 1. The van der Waals surface area contributed by atoms with Crippen LogP contribution in [-0.2, 0) is 4.79 Å². The average molecular weight is 110 g/mol. The first-order valence-electron chi connectivity index (χ1n) is 2.43. The van der Waals surface area contributed by atoms with E-state index in [0.29, 0.717) is 6.41 Å². The lowest BCUT2D eigenvalue weighted by Gasteiger charge is -1.79. The van der Waals surface area contributed by atoms with Gasteiger partial charge in [-0.05, 0) is 6.92 Å². The molecule has 2 atom stereocenters. The molecule has 0 radical (unpaired) electrons. The van der Waals surface area contributed by atoms with Gasteiger partial charge in [-0.15, -0.1) is 0 Å². The van der Waals surface area contributed by atoms with Crippen molar-refractivity contribution >= 4 is 6.41 Å². The second-order valence-corrected chi connectivity index (χ2v) is 1.87. The van der Waals surface area contributed by atoms with Crippen LogP contribution >= 0.6 is 0 Å². The van der Waals surface area contributed by atoms with Gasteiger partial charge in [0.05, 0.1) is 12.1 Å². The maximum absolute atomic E-state index is 9.92. The third-order valence-corrected chi connectivity index (χ3v) is 1.41. The summed E-state index contributed by atoms with van der Waals surface area (Å²) in [6.45, 7) is 1.85. The van der Waals surface area contributed by atoms with Crippen LogP contribution < -0.4 is 0 Å². The first-order valence-corrected chi connectivity index (χ1v) is 2.43. The topological polar surface area (TPSA) is 43.9 Å². The fourth-order valence-corrected chi connectivity index (χ4v) is 0.707. The average Bonchev–Trinajstić information content (AvgIpc) is 2.40. The summed E-state index contributed by atoms with van der Waals surface area (Å²) in [6.07, 6.45) is 0.707. The number of hydrogen-bond acceptors (Lipinski definition) is 2. The maximum atomic E-state index is 9.92. The van der Waals surface area contributed by atoms with Crippen molar-refractivity contribution < 1.29 is 4.79 Å². The van der Waals surface area contributed by atoms with Crippen LogP contribution in [0.1, 0.15) is 6.92 Å². The number of nitrogens with zero attached hydrogens (tertiary/aromatic N) is 2. The molecule has 0 N–H and O–H groups in total. The van der Waals surface area contributed by atoms with Gasteiger partial charge in [-0.3, -0.25) is 4.79 Å². The summed E-state index contributed by atoms with van der Waals surface area (Å²) in [5, 5.41) is 8.23. The van der Waals surface area contributed by atoms with E-state index in [-0.39, 0.29) is 12.1 Å². The van der Waals surface area contributed by atoms with Gasteiger partial charge in [-0.25, -0.2) is 0 Å². The van der Waals surface area contributed by atoms with E-state index in [9.17, 15) is 4.79 Å². The van der Waals surface area contributed by atoms with Crippen molar-refractivity contribution in [3.8, 4) is 6.07 Å². The Kier molecular flexibility index (Phi) is 0.943. The van der Waals surface area contributed by atoms with Gasteiger partial charge in [0.15, 0.2) is 0 Å². The zero-order valence-corrected chi connectivity index (χ0v) is 4.53. The highest BCUT2D eigenvalue weighted by Crippen LogP contribution is 2.23. The smallest absolute Gasteiger partial charge is 0.211 e. The van der Waals surface area contributed by atoms with Gasteiger partial charge in [0.1, 0.15) is 6.04 Å². The summed E-state index contributed by atoms with van der Waals surface area (Å²) in [5.74, 6) is 0. The van der Waals surface area contributed by atoms with Crippen LogP contribution in [0.25, 0.3) is 0 Å². The Bertz CT molecular complexity index is 149. The van der Waals surface area contributed by atoms with Crippen molar-refractivity contribution in [1.82, 2.24) is 4.90 Å². The van der Waals surface area contributed by atoms with Gasteiger partial charge in [0.2, 0.25) is 6.41 Å². The van der Waals surface area contributed by atoms with Crippen LogP contribution in [0.3, 0.4) is 0 Å². The maximum Gasteiger partial charge on any atom is 0.211 e. The van der Waals surface area contributed by atoms with E-state index in [2.05, 4.69) is 0 Å². The van der Waals surface area contributed by atoms with E-state index in [1.165, 1.54) is 4.90 Å². The lowest BCUT2D eigenvalue weighted by atomic mass is 10.4. The molecular formula is C5H6N2O. The first-order chi connectivity index (χ1) is 3.81. The molecule has 0 aromatic rings. The Hall–Kier alpha value is -1.04. The standard InChI is InChI=1S/C5H6N2O/c1-4-5(2-6)7(4)3-8/h3-5H,1H3. The molecule has 0 saturated carbocycles. The van der Waals surface area contributed by atoms with Crippen LogP contribution in [0.4, 0.5) is 0 Å². The summed E-state index contributed by atoms with van der Waals surface area (Å²) in [7, 11) is 0. The van der Waals surface area contributed by atoms with E-state index in [0.717, 1.165) is 0 Å². The molecule has 42 valence electrons. The monoisotopic (exact) mass is 110 g/mol. The summed E-state index contributed by atoms with van der Waals surface area (Å²) >= 11 is 0. The molecule has 0 aromatic carbocycles. The fraction of sp³-hybridized carbons (Fsp3) is 0.600. The Morgan fingerprint density at radius 3 is 2.62 bits per heavy atom. The first kappa shape index (κ1) is 5.10. The molecule has 1 aliphatic heterocycles. The molecule has 1 amide bonds. The summed E-state index contributed by atoms with van der Waals surface area (Å²) in [5.41, 5.74) is 0. The molecule has 0 aromatic heterocycles. The van der Waals surface area contributed by atoms with E-state index in [4.69, 9.17) is 5.26 Å². The van der Waals surface area contributed by atoms with E-state index >= 15 is 0 Å². The van der Waals surface area contributed by atoms with Crippen molar-refractivity contribution in [1.29, 1.82) is 5.26 Å². The largest absolute Gasteiger partial charge is 0.321 e. The summed E-state index contributed by atoms with van der Waals surface area (Å²) < 4.78 is 0. The zero-order chi connectivity index (χ0) is 6.15. The van der Waals surface area contributed by atoms with Gasteiger partial charge >= 0.3 is 0 Å². The molecule has 1 aliphatic rings. The highest BCUT2D eigenvalue weighted by atomic mass is 16.1. The lowest BCUT2D eigenvalue weighted by Crippen LogP contribution is -1.94. The van der Waals surface area contributed by atoms with E-state index in [1.807, 2.05) is 13.0 Å². The Balaban J connectivity index is 2.48. The normalized spacial score (nSPS) is 33.8. The minimum absolute atomic E-state index is 0.146. The Morgan fingerprint density at radius 1 is 1.88 bits per heavy atom. The van der Waals surface area contributed by atoms with Crippen molar-refractivity contribution in [2.45, 2.75) is 19.0 Å². The molecule has 0 spiro atoms. The predicted octanol–water partition coefficient (Wildman–Crippen LogP) is -0.261. The Morgan fingerprint density at radius 2 is 2.50 bits per heavy atom. The molecule has 0 bridgehead atoms. The number of carbonyl (C=O) groups is 1. The van der Waals surface area contributed by atoms with Crippen LogP contribution in [0, 0.1) is 11.3 Å². The third-order valence-electron chi connectivity index (χ3n) is 1.41. The minimum atomic E-state index is -0.146. The SMILES string of the molecule is CC1C(C#N)N1C=O. The Labute approximate surface area is 47.5 Å². The van der Waals surface area contributed by atoms with E-state index in [1.54, 1.807) is 0 Å². The molecule has 1 heterocycles. The minimum Gasteiger partial charge on any atom is -0.321 e. The van der Waals surface area contributed by atoms with Gasteiger partial charge in [-0.1, -0.05) is 0 Å². The third kappa shape index (κ3) is 0.463. The molecule has 1 saturated heterocycles. The number of carbonyl (C=O) groups excluding carboxylic acids is 1. The van der Waals surface area contributed by atoms with Crippen molar-refractivity contribution in [3.63, 3.8) is 0 Å². The van der Waals surface area contributed by atoms with Gasteiger partial charge in [0.25, 0.3) is 0 Å². The number of amides is 1. The highest BCUT2D eigenvalue weighted by molar-refractivity contribution is 5.55. The molecule has 1 rings (SSSR count).